The molecule has 0 heterocycles. The molecule has 0 aromatic rings. The molecule has 0 spiro atoms. The molecule has 2 unspecified atom stereocenters. The van der Waals surface area contributed by atoms with Crippen LogP contribution in [-0.4, -0.2) is 22.4 Å². The summed E-state index contributed by atoms with van der Waals surface area (Å²) in [6.45, 7) is 4.38. The molecule has 0 rings (SSSR count). The van der Waals surface area contributed by atoms with E-state index in [0.717, 1.165) is 44.9 Å². The molecule has 0 saturated heterocycles. The van der Waals surface area contributed by atoms with E-state index >= 15 is 0 Å². The van der Waals surface area contributed by atoms with Crippen molar-refractivity contribution in [3.63, 3.8) is 0 Å². The van der Waals surface area contributed by atoms with E-state index in [1.165, 1.54) is 38.5 Å². The van der Waals surface area contributed by atoms with Crippen LogP contribution in [0.5, 0.6) is 0 Å². The monoisotopic (exact) mass is 272 g/mol. The van der Waals surface area contributed by atoms with Gasteiger partial charge >= 0.3 is 0 Å². The van der Waals surface area contributed by atoms with Crippen LogP contribution in [0, 0.1) is 0 Å². The van der Waals surface area contributed by atoms with Crippen molar-refractivity contribution in [3.8, 4) is 0 Å². The van der Waals surface area contributed by atoms with Gasteiger partial charge in [-0.15, -0.1) is 0 Å². The first-order valence-electron chi connectivity index (χ1n) is 8.56. The largest absolute Gasteiger partial charge is 0.393 e. The molecule has 116 valence electrons. The van der Waals surface area contributed by atoms with Crippen molar-refractivity contribution in [2.24, 2.45) is 0 Å². The van der Waals surface area contributed by atoms with Gasteiger partial charge in [-0.05, 0) is 25.7 Å². The number of hydrogen-bond acceptors (Lipinski definition) is 2. The quantitative estimate of drug-likeness (QED) is 0.445. The maximum absolute atomic E-state index is 9.85. The Morgan fingerprint density at radius 3 is 1.47 bits per heavy atom. The van der Waals surface area contributed by atoms with Crippen molar-refractivity contribution < 1.29 is 10.2 Å². The van der Waals surface area contributed by atoms with Gasteiger partial charge in [0.2, 0.25) is 0 Å². The number of unbranched alkanes of at least 4 members (excludes halogenated alkanes) is 7. The van der Waals surface area contributed by atoms with Crippen LogP contribution < -0.4 is 0 Å². The van der Waals surface area contributed by atoms with Crippen molar-refractivity contribution in [3.05, 3.63) is 0 Å². The Morgan fingerprint density at radius 2 is 0.947 bits per heavy atom. The minimum absolute atomic E-state index is 0.202. The first kappa shape index (κ1) is 18.9. The van der Waals surface area contributed by atoms with Gasteiger partial charge in [-0.3, -0.25) is 0 Å². The van der Waals surface area contributed by atoms with Gasteiger partial charge in [0.05, 0.1) is 12.2 Å². The molecule has 19 heavy (non-hydrogen) atoms. The van der Waals surface area contributed by atoms with E-state index in [4.69, 9.17) is 0 Å². The molecular weight excluding hydrogens is 236 g/mol. The van der Waals surface area contributed by atoms with Crippen LogP contribution in [0.4, 0.5) is 0 Å². The van der Waals surface area contributed by atoms with Crippen LogP contribution in [-0.2, 0) is 0 Å². The van der Waals surface area contributed by atoms with Gasteiger partial charge in [0.25, 0.3) is 0 Å². The summed E-state index contributed by atoms with van der Waals surface area (Å²) in [4.78, 5) is 0. The van der Waals surface area contributed by atoms with Gasteiger partial charge in [0, 0.05) is 0 Å². The Balaban J connectivity index is 3.27. The van der Waals surface area contributed by atoms with E-state index in [1.807, 2.05) is 0 Å². The molecule has 2 nitrogen and oxygen atoms in total. The molecule has 0 bridgehead atoms. The average Bonchev–Trinajstić information content (AvgIpc) is 2.41. The van der Waals surface area contributed by atoms with Crippen LogP contribution in [0.25, 0.3) is 0 Å². The number of aliphatic hydroxyl groups is 2. The van der Waals surface area contributed by atoms with Gasteiger partial charge < -0.3 is 10.2 Å². The fraction of sp³-hybridized carbons (Fsp3) is 1.00. The topological polar surface area (TPSA) is 40.5 Å². The summed E-state index contributed by atoms with van der Waals surface area (Å²) >= 11 is 0. The second-order valence-corrected chi connectivity index (χ2v) is 5.94. The molecule has 0 radical (unpaired) electrons. The van der Waals surface area contributed by atoms with E-state index in [0.29, 0.717) is 0 Å². The molecule has 0 aromatic carbocycles. The normalized spacial score (nSPS) is 14.5. The lowest BCUT2D eigenvalue weighted by Crippen LogP contribution is -2.13. The molecule has 2 heteroatoms. The molecule has 0 aliphatic rings. The zero-order chi connectivity index (χ0) is 14.3. The summed E-state index contributed by atoms with van der Waals surface area (Å²) in [5.74, 6) is 0. The molecule has 0 aliphatic carbocycles. The zero-order valence-corrected chi connectivity index (χ0v) is 13.2. The Morgan fingerprint density at radius 1 is 0.526 bits per heavy atom. The first-order chi connectivity index (χ1) is 9.20. The molecule has 2 atom stereocenters. The van der Waals surface area contributed by atoms with E-state index in [1.54, 1.807) is 0 Å². The highest BCUT2D eigenvalue weighted by Gasteiger charge is 2.08. The summed E-state index contributed by atoms with van der Waals surface area (Å²) in [6, 6.07) is 0. The predicted octanol–water partition coefficient (Wildman–Crippen LogP) is 4.82. The summed E-state index contributed by atoms with van der Waals surface area (Å²) in [5, 5.41) is 19.6. The molecule has 0 saturated carbocycles. The highest BCUT2D eigenvalue weighted by atomic mass is 16.3. The summed E-state index contributed by atoms with van der Waals surface area (Å²) in [7, 11) is 0. The van der Waals surface area contributed by atoms with Gasteiger partial charge in [-0.1, -0.05) is 71.6 Å². The average molecular weight is 272 g/mol. The standard InChI is InChI=1S/C17H36O2/c1-3-5-7-8-9-10-11-13-17(19)15-14-16(18)12-6-4-2/h16-19H,3-15H2,1-2H3. The van der Waals surface area contributed by atoms with Gasteiger partial charge in [-0.2, -0.15) is 0 Å². The second-order valence-electron chi connectivity index (χ2n) is 5.94. The van der Waals surface area contributed by atoms with E-state index < -0.39 is 0 Å². The van der Waals surface area contributed by atoms with Crippen molar-refractivity contribution >= 4 is 0 Å². The fourth-order valence-electron chi connectivity index (χ4n) is 2.45. The van der Waals surface area contributed by atoms with E-state index in [-0.39, 0.29) is 12.2 Å². The van der Waals surface area contributed by atoms with Crippen LogP contribution in [0.3, 0.4) is 0 Å². The van der Waals surface area contributed by atoms with Crippen molar-refractivity contribution in [2.45, 2.75) is 110 Å². The smallest absolute Gasteiger partial charge is 0.0541 e. The first-order valence-corrected chi connectivity index (χ1v) is 8.56. The van der Waals surface area contributed by atoms with Gasteiger partial charge in [-0.25, -0.2) is 0 Å². The Labute approximate surface area is 120 Å². The lowest BCUT2D eigenvalue weighted by atomic mass is 10.0. The fourth-order valence-corrected chi connectivity index (χ4v) is 2.45. The third-order valence-electron chi connectivity index (χ3n) is 3.86. The maximum Gasteiger partial charge on any atom is 0.0541 e. The SMILES string of the molecule is CCCCCCCCCC(O)CCC(O)CCCC. The number of aliphatic hydroxyl groups excluding tert-OH is 2. The van der Waals surface area contributed by atoms with Crippen molar-refractivity contribution in [2.75, 3.05) is 0 Å². The van der Waals surface area contributed by atoms with Crippen LogP contribution >= 0.6 is 0 Å². The lowest BCUT2D eigenvalue weighted by molar-refractivity contribution is 0.101. The third kappa shape index (κ3) is 14.1. The van der Waals surface area contributed by atoms with Crippen LogP contribution in [0.2, 0.25) is 0 Å². The van der Waals surface area contributed by atoms with Gasteiger partial charge in [0.15, 0.2) is 0 Å². The van der Waals surface area contributed by atoms with Gasteiger partial charge in [0.1, 0.15) is 0 Å². The van der Waals surface area contributed by atoms with Crippen LogP contribution in [0.15, 0.2) is 0 Å². The van der Waals surface area contributed by atoms with E-state index in [2.05, 4.69) is 13.8 Å². The minimum Gasteiger partial charge on any atom is -0.393 e. The maximum atomic E-state index is 9.85. The second kappa shape index (κ2) is 14.3. The molecule has 0 amide bonds. The molecule has 0 fully saturated rings. The van der Waals surface area contributed by atoms with E-state index in [9.17, 15) is 10.2 Å². The molecule has 0 aromatic heterocycles. The molecule has 2 N–H and O–H groups in total. The summed E-state index contributed by atoms with van der Waals surface area (Å²) in [5.41, 5.74) is 0. The Bertz CT molecular complexity index is 171. The number of rotatable bonds is 14. The number of hydrogen-bond donors (Lipinski definition) is 2. The van der Waals surface area contributed by atoms with Crippen molar-refractivity contribution in [1.29, 1.82) is 0 Å². The molecular formula is C17H36O2. The highest BCUT2D eigenvalue weighted by molar-refractivity contribution is 4.62. The summed E-state index contributed by atoms with van der Waals surface area (Å²) in [6.07, 6.45) is 14.2. The summed E-state index contributed by atoms with van der Waals surface area (Å²) < 4.78 is 0. The zero-order valence-electron chi connectivity index (χ0n) is 13.2. The minimum atomic E-state index is -0.205. The molecule has 0 aliphatic heterocycles. The third-order valence-corrected chi connectivity index (χ3v) is 3.86. The van der Waals surface area contributed by atoms with Crippen LogP contribution in [0.1, 0.15) is 97.3 Å². The van der Waals surface area contributed by atoms with Crippen molar-refractivity contribution in [1.82, 2.24) is 0 Å². The highest BCUT2D eigenvalue weighted by Crippen LogP contribution is 2.14. The predicted molar refractivity (Wildman–Crippen MR) is 83.4 cm³/mol. The lowest BCUT2D eigenvalue weighted by Gasteiger charge is -2.14. The Kier molecular flexibility index (Phi) is 14.3. The Hall–Kier alpha value is -0.0800.